The van der Waals surface area contributed by atoms with Crippen LogP contribution in [0.3, 0.4) is 0 Å². The first-order valence-electron chi connectivity index (χ1n) is 7.15. The van der Waals surface area contributed by atoms with Gasteiger partial charge in [-0.05, 0) is 25.5 Å². The second-order valence-electron chi connectivity index (χ2n) is 4.71. The van der Waals surface area contributed by atoms with E-state index in [0.29, 0.717) is 0 Å². The van der Waals surface area contributed by atoms with Crippen LogP contribution in [0.25, 0.3) is 10.9 Å². The number of nitrogens with one attached hydrogen (secondary N) is 2. The van der Waals surface area contributed by atoms with Crippen molar-refractivity contribution in [1.82, 2.24) is 15.0 Å². The Balaban J connectivity index is 1.95. The van der Waals surface area contributed by atoms with E-state index in [1.807, 2.05) is 6.07 Å². The number of hydrogen-bond donors (Lipinski definition) is 2. The molecule has 1 aromatic carbocycles. The molecular weight excluding hydrogens is 280 g/mol. The molecule has 0 aliphatic heterocycles. The summed E-state index contributed by atoms with van der Waals surface area (Å²) in [6.45, 7) is 5.07. The Kier molecular flexibility index (Phi) is 4.10. The fraction of sp³-hybridized carbons (Fsp3) is 0.250. The highest BCUT2D eigenvalue weighted by Crippen LogP contribution is 2.32. The highest BCUT2D eigenvalue weighted by molar-refractivity contribution is 7.99. The third-order valence-corrected chi connectivity index (χ3v) is 4.30. The van der Waals surface area contributed by atoms with Gasteiger partial charge in [0.25, 0.3) is 0 Å². The van der Waals surface area contributed by atoms with Crippen molar-refractivity contribution >= 4 is 28.5 Å². The minimum absolute atomic E-state index is 0.862. The Labute approximate surface area is 128 Å². The van der Waals surface area contributed by atoms with Gasteiger partial charge in [-0.3, -0.25) is 0 Å². The van der Waals surface area contributed by atoms with Crippen LogP contribution in [-0.2, 0) is 6.42 Å². The molecule has 0 atom stereocenters. The Hall–Kier alpha value is -2.01. The smallest absolute Gasteiger partial charge is 0.133 e. The zero-order chi connectivity index (χ0) is 14.7. The minimum atomic E-state index is 0.862. The monoisotopic (exact) mass is 298 g/mol. The number of rotatable bonds is 5. The Morgan fingerprint density at radius 2 is 2.05 bits per heavy atom. The van der Waals surface area contributed by atoms with Crippen molar-refractivity contribution < 1.29 is 0 Å². The van der Waals surface area contributed by atoms with Gasteiger partial charge in [0.2, 0.25) is 0 Å². The number of H-pyrrole nitrogens is 1. The van der Waals surface area contributed by atoms with Gasteiger partial charge in [-0.1, -0.05) is 36.9 Å². The van der Waals surface area contributed by atoms with Gasteiger partial charge in [0.05, 0.1) is 5.03 Å². The number of para-hydroxylation sites is 1. The molecule has 0 fully saturated rings. The fourth-order valence-corrected chi connectivity index (χ4v) is 3.35. The molecule has 0 saturated heterocycles. The lowest BCUT2D eigenvalue weighted by atomic mass is 10.2. The molecule has 0 unspecified atom stereocenters. The van der Waals surface area contributed by atoms with Gasteiger partial charge in [-0.2, -0.15) is 0 Å². The number of aromatic amines is 1. The lowest BCUT2D eigenvalue weighted by Gasteiger charge is -2.11. The summed E-state index contributed by atoms with van der Waals surface area (Å²) in [5, 5.41) is 6.64. The van der Waals surface area contributed by atoms with Gasteiger partial charge in [0.1, 0.15) is 17.2 Å². The predicted molar refractivity (Wildman–Crippen MR) is 88.0 cm³/mol. The molecule has 2 heterocycles. The van der Waals surface area contributed by atoms with E-state index >= 15 is 0 Å². The first-order chi connectivity index (χ1) is 10.3. The normalized spacial score (nSPS) is 11.0. The summed E-state index contributed by atoms with van der Waals surface area (Å²) >= 11 is 1.66. The summed E-state index contributed by atoms with van der Waals surface area (Å²) in [5.41, 5.74) is 2.32. The van der Waals surface area contributed by atoms with Crippen LogP contribution in [0.4, 0.5) is 5.82 Å². The van der Waals surface area contributed by atoms with Gasteiger partial charge < -0.3 is 10.3 Å². The second-order valence-corrected chi connectivity index (χ2v) is 5.74. The first kappa shape index (κ1) is 13.9. The fourth-order valence-electron chi connectivity index (χ4n) is 2.33. The summed E-state index contributed by atoms with van der Waals surface area (Å²) in [5.74, 6) is 0.939. The topological polar surface area (TPSA) is 53.6 Å². The van der Waals surface area contributed by atoms with Crippen LogP contribution in [0.2, 0.25) is 0 Å². The molecule has 2 aromatic heterocycles. The van der Waals surface area contributed by atoms with E-state index in [4.69, 9.17) is 0 Å². The lowest BCUT2D eigenvalue weighted by Crippen LogP contribution is -2.05. The third-order valence-electron chi connectivity index (χ3n) is 3.32. The van der Waals surface area contributed by atoms with Crippen molar-refractivity contribution in [3.8, 4) is 0 Å². The van der Waals surface area contributed by atoms with Gasteiger partial charge in [0, 0.05) is 23.0 Å². The van der Waals surface area contributed by atoms with Crippen LogP contribution in [0.5, 0.6) is 0 Å². The first-order valence-corrected chi connectivity index (χ1v) is 7.96. The molecule has 3 aromatic rings. The summed E-state index contributed by atoms with van der Waals surface area (Å²) in [4.78, 5) is 12.2. The molecule has 2 N–H and O–H groups in total. The molecule has 3 rings (SSSR count). The van der Waals surface area contributed by atoms with E-state index in [1.54, 1.807) is 18.1 Å². The lowest BCUT2D eigenvalue weighted by molar-refractivity contribution is 0.936. The van der Waals surface area contributed by atoms with Crippen LogP contribution < -0.4 is 5.32 Å². The third kappa shape index (κ3) is 2.88. The van der Waals surface area contributed by atoms with Crippen molar-refractivity contribution in [2.75, 3.05) is 11.9 Å². The van der Waals surface area contributed by atoms with E-state index < -0.39 is 0 Å². The molecule has 4 nitrogen and oxygen atoms in total. The predicted octanol–water partition coefficient (Wildman–Crippen LogP) is 4.10. The highest BCUT2D eigenvalue weighted by Gasteiger charge is 2.11. The van der Waals surface area contributed by atoms with Gasteiger partial charge in [-0.15, -0.1) is 0 Å². The minimum Gasteiger partial charge on any atom is -0.370 e. The summed E-state index contributed by atoms with van der Waals surface area (Å²) < 4.78 is 0. The molecular formula is C16H18N4S. The maximum atomic E-state index is 4.45. The van der Waals surface area contributed by atoms with E-state index in [1.165, 1.54) is 10.9 Å². The van der Waals surface area contributed by atoms with E-state index in [9.17, 15) is 0 Å². The second kappa shape index (κ2) is 6.18. The Bertz CT molecular complexity index is 718. The molecule has 0 saturated carbocycles. The maximum Gasteiger partial charge on any atom is 0.133 e. The van der Waals surface area contributed by atoms with E-state index in [2.05, 4.69) is 58.4 Å². The van der Waals surface area contributed by atoms with E-state index in [-0.39, 0.29) is 0 Å². The van der Waals surface area contributed by atoms with Crippen LogP contribution in [0.1, 0.15) is 19.4 Å². The summed E-state index contributed by atoms with van der Waals surface area (Å²) in [6, 6.07) is 10.5. The van der Waals surface area contributed by atoms with Crippen molar-refractivity contribution in [2.24, 2.45) is 0 Å². The van der Waals surface area contributed by atoms with Crippen molar-refractivity contribution in [3.05, 3.63) is 42.2 Å². The van der Waals surface area contributed by atoms with Crippen molar-refractivity contribution in [3.63, 3.8) is 0 Å². The number of aromatic nitrogens is 3. The standard InChI is InChI=1S/C16H18N4S/c1-3-12-15(17-4-2)18-10-19-16(12)21-14-9-11-7-5-6-8-13(11)20-14/h5-10,20H,3-4H2,1-2H3,(H,17,18,19). The van der Waals surface area contributed by atoms with E-state index in [0.717, 1.165) is 34.4 Å². The maximum absolute atomic E-state index is 4.45. The SMILES string of the molecule is CCNc1ncnc(Sc2cc3ccccc3[nH]2)c1CC. The molecule has 0 amide bonds. The largest absolute Gasteiger partial charge is 0.370 e. The van der Waals surface area contributed by atoms with Crippen molar-refractivity contribution in [2.45, 2.75) is 30.3 Å². The number of fused-ring (bicyclic) bond motifs is 1. The van der Waals surface area contributed by atoms with Crippen LogP contribution in [0, 0.1) is 0 Å². The highest BCUT2D eigenvalue weighted by atomic mass is 32.2. The molecule has 0 aliphatic carbocycles. The Morgan fingerprint density at radius 3 is 2.81 bits per heavy atom. The molecule has 0 spiro atoms. The van der Waals surface area contributed by atoms with Crippen LogP contribution >= 0.6 is 11.8 Å². The summed E-state index contributed by atoms with van der Waals surface area (Å²) in [6.07, 6.45) is 2.54. The van der Waals surface area contributed by atoms with Gasteiger partial charge >= 0.3 is 0 Å². The number of hydrogen-bond acceptors (Lipinski definition) is 4. The van der Waals surface area contributed by atoms with Gasteiger partial charge in [-0.25, -0.2) is 9.97 Å². The number of anilines is 1. The molecule has 0 aliphatic rings. The molecule has 0 bridgehead atoms. The summed E-state index contributed by atoms with van der Waals surface area (Å²) in [7, 11) is 0. The zero-order valence-electron chi connectivity index (χ0n) is 12.2. The molecule has 21 heavy (non-hydrogen) atoms. The van der Waals surface area contributed by atoms with Crippen LogP contribution in [-0.4, -0.2) is 21.5 Å². The van der Waals surface area contributed by atoms with Gasteiger partial charge in [0.15, 0.2) is 0 Å². The quantitative estimate of drug-likeness (QED) is 0.696. The number of nitrogens with zero attached hydrogens (tertiary/aromatic N) is 2. The average molecular weight is 298 g/mol. The van der Waals surface area contributed by atoms with Crippen molar-refractivity contribution in [1.29, 1.82) is 0 Å². The Morgan fingerprint density at radius 1 is 1.19 bits per heavy atom. The molecule has 5 heteroatoms. The van der Waals surface area contributed by atoms with Crippen LogP contribution in [0.15, 0.2) is 46.7 Å². The molecule has 108 valence electrons. The number of benzene rings is 1. The zero-order valence-corrected chi connectivity index (χ0v) is 13.0. The average Bonchev–Trinajstić information content (AvgIpc) is 2.90. The molecule has 0 radical (unpaired) electrons.